The van der Waals surface area contributed by atoms with Crippen LogP contribution in [0.4, 0.5) is 5.69 Å². The second kappa shape index (κ2) is 6.45. The van der Waals surface area contributed by atoms with Crippen molar-refractivity contribution in [1.29, 1.82) is 0 Å². The summed E-state index contributed by atoms with van der Waals surface area (Å²) in [6.07, 6.45) is 2.69. The SMILES string of the molecule is CC(c1cccc([N+](=O)[O-])c1)N1C[C@@H]2CCC[C@@]2(C(=O)O)C1.Cl. The Kier molecular flexibility index (Phi) is 4.96. The number of carboxylic acids is 1. The van der Waals surface area contributed by atoms with Crippen molar-refractivity contribution < 1.29 is 14.8 Å². The predicted molar refractivity (Wildman–Crippen MR) is 87.7 cm³/mol. The van der Waals surface area contributed by atoms with Crippen molar-refractivity contribution in [2.24, 2.45) is 11.3 Å². The van der Waals surface area contributed by atoms with Crippen molar-refractivity contribution in [3.05, 3.63) is 39.9 Å². The third-order valence-corrected chi connectivity index (χ3v) is 5.43. The van der Waals surface area contributed by atoms with Crippen molar-refractivity contribution >= 4 is 24.1 Å². The highest BCUT2D eigenvalue weighted by molar-refractivity contribution is 5.85. The number of benzene rings is 1. The van der Waals surface area contributed by atoms with Crippen LogP contribution in [0.25, 0.3) is 0 Å². The van der Waals surface area contributed by atoms with E-state index in [1.165, 1.54) is 6.07 Å². The largest absolute Gasteiger partial charge is 0.481 e. The summed E-state index contributed by atoms with van der Waals surface area (Å²) >= 11 is 0. The molecule has 0 bridgehead atoms. The maximum atomic E-state index is 11.7. The van der Waals surface area contributed by atoms with Crippen LogP contribution in [-0.2, 0) is 4.79 Å². The molecule has 0 spiro atoms. The summed E-state index contributed by atoms with van der Waals surface area (Å²) < 4.78 is 0. The molecule has 1 N–H and O–H groups in total. The number of halogens is 1. The molecule has 6 nitrogen and oxygen atoms in total. The summed E-state index contributed by atoms with van der Waals surface area (Å²) in [5, 5.41) is 20.6. The quantitative estimate of drug-likeness (QED) is 0.671. The minimum absolute atomic E-state index is 0. The first-order valence-corrected chi connectivity index (χ1v) is 7.66. The summed E-state index contributed by atoms with van der Waals surface area (Å²) in [6, 6.07) is 6.62. The van der Waals surface area contributed by atoms with Crippen molar-refractivity contribution in [3.63, 3.8) is 0 Å². The fourth-order valence-electron chi connectivity index (χ4n) is 4.08. The van der Waals surface area contributed by atoms with Crippen LogP contribution >= 0.6 is 12.4 Å². The molecule has 23 heavy (non-hydrogen) atoms. The zero-order valence-electron chi connectivity index (χ0n) is 13.0. The molecule has 1 saturated heterocycles. The Morgan fingerprint density at radius 2 is 2.26 bits per heavy atom. The number of carbonyl (C=O) groups is 1. The Hall–Kier alpha value is -1.66. The first-order chi connectivity index (χ1) is 10.4. The molecule has 3 atom stereocenters. The molecule has 1 aromatic rings. The Morgan fingerprint density at radius 3 is 2.87 bits per heavy atom. The van der Waals surface area contributed by atoms with Gasteiger partial charge in [-0.3, -0.25) is 19.8 Å². The highest BCUT2D eigenvalue weighted by Gasteiger charge is 2.55. The fraction of sp³-hybridized carbons (Fsp3) is 0.562. The lowest BCUT2D eigenvalue weighted by atomic mass is 9.81. The van der Waals surface area contributed by atoms with Gasteiger partial charge in [-0.2, -0.15) is 0 Å². The van der Waals surface area contributed by atoms with Crippen LogP contribution in [0.15, 0.2) is 24.3 Å². The normalized spacial score (nSPS) is 28.0. The maximum absolute atomic E-state index is 11.7. The topological polar surface area (TPSA) is 83.7 Å². The summed E-state index contributed by atoms with van der Waals surface area (Å²) in [6.45, 7) is 3.29. The molecule has 7 heteroatoms. The van der Waals surface area contributed by atoms with Gasteiger partial charge in [-0.05, 0) is 31.2 Å². The van der Waals surface area contributed by atoms with E-state index >= 15 is 0 Å². The lowest BCUT2D eigenvalue weighted by Crippen LogP contribution is -2.36. The van der Waals surface area contributed by atoms with Gasteiger partial charge >= 0.3 is 5.97 Å². The van der Waals surface area contributed by atoms with Gasteiger partial charge in [0.25, 0.3) is 5.69 Å². The number of carboxylic acid groups (broad SMARTS) is 1. The minimum atomic E-state index is -0.691. The monoisotopic (exact) mass is 340 g/mol. The summed E-state index contributed by atoms with van der Waals surface area (Å²) in [5.74, 6) is -0.491. The minimum Gasteiger partial charge on any atom is -0.481 e. The van der Waals surface area contributed by atoms with Crippen LogP contribution in [0, 0.1) is 21.4 Å². The summed E-state index contributed by atoms with van der Waals surface area (Å²) in [5.41, 5.74) is 0.334. The van der Waals surface area contributed by atoms with Crippen molar-refractivity contribution in [1.82, 2.24) is 4.90 Å². The smallest absolute Gasteiger partial charge is 0.311 e. The number of hydrogen-bond donors (Lipinski definition) is 1. The van der Waals surface area contributed by atoms with Crippen molar-refractivity contribution in [2.75, 3.05) is 13.1 Å². The van der Waals surface area contributed by atoms with Gasteiger partial charge in [0.05, 0.1) is 10.3 Å². The Bertz CT molecular complexity index is 624. The molecular formula is C16H21ClN2O4. The first kappa shape index (κ1) is 17.7. The molecule has 2 aliphatic rings. The molecular weight excluding hydrogens is 320 g/mol. The molecule has 0 radical (unpaired) electrons. The summed E-state index contributed by atoms with van der Waals surface area (Å²) in [7, 11) is 0. The average Bonchev–Trinajstić information content (AvgIpc) is 3.04. The zero-order valence-corrected chi connectivity index (χ0v) is 13.8. The molecule has 1 unspecified atom stereocenters. The molecule has 1 saturated carbocycles. The number of aliphatic carboxylic acids is 1. The van der Waals surface area contributed by atoms with Gasteiger partial charge in [0.2, 0.25) is 0 Å². The van der Waals surface area contributed by atoms with E-state index in [4.69, 9.17) is 0 Å². The van der Waals surface area contributed by atoms with E-state index in [1.54, 1.807) is 12.1 Å². The number of nitro groups is 1. The lowest BCUT2D eigenvalue weighted by Gasteiger charge is -2.27. The zero-order chi connectivity index (χ0) is 15.9. The lowest BCUT2D eigenvalue weighted by molar-refractivity contribution is -0.384. The van der Waals surface area contributed by atoms with E-state index in [2.05, 4.69) is 4.90 Å². The standard InChI is InChI=1S/C16H20N2O4.ClH/c1-11(12-4-2-6-14(8-12)18(21)22)17-9-13-5-3-7-16(13,10-17)15(19)20;/h2,4,6,8,11,13H,3,5,7,9-10H2,1H3,(H,19,20);1H/t11?,13-,16+;/m0./s1. The average molecular weight is 341 g/mol. The molecule has 3 rings (SSSR count). The van der Waals surface area contributed by atoms with Crippen LogP contribution in [0.5, 0.6) is 0 Å². The Labute approximate surface area is 141 Å². The van der Waals surface area contributed by atoms with E-state index in [-0.39, 0.29) is 30.1 Å². The maximum Gasteiger partial charge on any atom is 0.311 e. The van der Waals surface area contributed by atoms with Crippen molar-refractivity contribution in [3.8, 4) is 0 Å². The Balaban J connectivity index is 0.00000192. The molecule has 1 aliphatic heterocycles. The van der Waals surface area contributed by atoms with E-state index in [1.807, 2.05) is 13.0 Å². The fourth-order valence-corrected chi connectivity index (χ4v) is 4.08. The van der Waals surface area contributed by atoms with Gasteiger partial charge in [-0.1, -0.05) is 18.6 Å². The third-order valence-electron chi connectivity index (χ3n) is 5.43. The number of non-ortho nitro benzene ring substituents is 1. The van der Waals surface area contributed by atoms with E-state index < -0.39 is 16.3 Å². The number of hydrogen-bond acceptors (Lipinski definition) is 4. The van der Waals surface area contributed by atoms with Crippen LogP contribution in [0.1, 0.15) is 37.8 Å². The molecule has 1 heterocycles. The van der Waals surface area contributed by atoms with Crippen LogP contribution in [-0.4, -0.2) is 34.0 Å². The van der Waals surface area contributed by atoms with Gasteiger partial charge in [0, 0.05) is 31.3 Å². The molecule has 1 aliphatic carbocycles. The predicted octanol–water partition coefficient (Wildman–Crippen LogP) is 3.26. The number of nitrogens with zero attached hydrogens (tertiary/aromatic N) is 2. The van der Waals surface area contributed by atoms with E-state index in [9.17, 15) is 20.0 Å². The second-order valence-corrected chi connectivity index (χ2v) is 6.51. The van der Waals surface area contributed by atoms with Gasteiger partial charge in [0.15, 0.2) is 0 Å². The molecule has 0 amide bonds. The van der Waals surface area contributed by atoms with E-state index in [0.717, 1.165) is 31.4 Å². The van der Waals surface area contributed by atoms with E-state index in [0.29, 0.717) is 6.54 Å². The number of likely N-dealkylation sites (tertiary alicyclic amines) is 1. The highest BCUT2D eigenvalue weighted by atomic mass is 35.5. The summed E-state index contributed by atoms with van der Waals surface area (Å²) in [4.78, 5) is 24.4. The van der Waals surface area contributed by atoms with Crippen LogP contribution in [0.3, 0.4) is 0 Å². The number of rotatable bonds is 4. The van der Waals surface area contributed by atoms with Gasteiger partial charge in [-0.25, -0.2) is 0 Å². The van der Waals surface area contributed by atoms with Gasteiger partial charge in [0.1, 0.15) is 0 Å². The third kappa shape index (κ3) is 2.93. The molecule has 1 aromatic carbocycles. The molecule has 2 fully saturated rings. The Morgan fingerprint density at radius 1 is 1.52 bits per heavy atom. The van der Waals surface area contributed by atoms with Gasteiger partial charge < -0.3 is 5.11 Å². The molecule has 126 valence electrons. The number of nitro benzene ring substituents is 1. The number of fused-ring (bicyclic) bond motifs is 1. The van der Waals surface area contributed by atoms with Gasteiger partial charge in [-0.15, -0.1) is 12.4 Å². The van der Waals surface area contributed by atoms with Crippen LogP contribution < -0.4 is 0 Å². The first-order valence-electron chi connectivity index (χ1n) is 7.66. The highest BCUT2D eigenvalue weighted by Crippen LogP contribution is 2.50. The van der Waals surface area contributed by atoms with Crippen molar-refractivity contribution in [2.45, 2.75) is 32.2 Å². The second-order valence-electron chi connectivity index (χ2n) is 6.51. The molecule has 0 aromatic heterocycles. The van der Waals surface area contributed by atoms with Crippen LogP contribution in [0.2, 0.25) is 0 Å².